The number of ether oxygens (including phenoxy) is 1. The van der Waals surface area contributed by atoms with Crippen LogP contribution in [0.4, 0.5) is 5.69 Å². The summed E-state index contributed by atoms with van der Waals surface area (Å²) in [4.78, 5) is 19.4. The van der Waals surface area contributed by atoms with Crippen LogP contribution in [0, 0.1) is 5.92 Å². The van der Waals surface area contributed by atoms with Gasteiger partial charge in [-0.25, -0.2) is 0 Å². The van der Waals surface area contributed by atoms with E-state index in [1.165, 1.54) is 0 Å². The van der Waals surface area contributed by atoms with Crippen LogP contribution in [0.2, 0.25) is 0 Å². The number of aromatic nitrogens is 2. The van der Waals surface area contributed by atoms with Gasteiger partial charge in [-0.3, -0.25) is 9.69 Å². The van der Waals surface area contributed by atoms with Gasteiger partial charge in [-0.15, -0.1) is 0 Å². The number of nitrogens with zero attached hydrogens (tertiary/aromatic N) is 3. The van der Waals surface area contributed by atoms with E-state index in [9.17, 15) is 4.79 Å². The molecule has 8 heteroatoms. The summed E-state index contributed by atoms with van der Waals surface area (Å²) in [5.41, 5.74) is 1.67. The van der Waals surface area contributed by atoms with E-state index in [1.54, 1.807) is 7.11 Å². The molecule has 7 nitrogen and oxygen atoms in total. The molecule has 0 bridgehead atoms. The van der Waals surface area contributed by atoms with Crippen molar-refractivity contribution in [3.63, 3.8) is 0 Å². The summed E-state index contributed by atoms with van der Waals surface area (Å²) in [5.74, 6) is 1.94. The number of carbonyl (C=O) groups is 1. The van der Waals surface area contributed by atoms with Gasteiger partial charge < -0.3 is 14.6 Å². The Bertz CT molecular complexity index is 1010. The van der Waals surface area contributed by atoms with Crippen molar-refractivity contribution in [3.8, 4) is 17.1 Å². The predicted octanol–water partition coefficient (Wildman–Crippen LogP) is 4.36. The van der Waals surface area contributed by atoms with Crippen LogP contribution < -0.4 is 10.1 Å². The van der Waals surface area contributed by atoms with Crippen LogP contribution in [0.25, 0.3) is 11.4 Å². The van der Waals surface area contributed by atoms with Crippen LogP contribution in [0.3, 0.4) is 0 Å². The zero-order chi connectivity index (χ0) is 20.9. The van der Waals surface area contributed by atoms with Crippen molar-refractivity contribution in [2.24, 2.45) is 5.92 Å². The second kappa shape index (κ2) is 9.40. The monoisotopic (exact) mass is 470 g/mol. The van der Waals surface area contributed by atoms with Gasteiger partial charge in [-0.05, 0) is 50.2 Å². The molecule has 156 valence electrons. The van der Waals surface area contributed by atoms with E-state index in [0.717, 1.165) is 47.4 Å². The first-order valence-electron chi connectivity index (χ1n) is 9.86. The zero-order valence-corrected chi connectivity index (χ0v) is 18.3. The highest BCUT2D eigenvalue weighted by molar-refractivity contribution is 9.10. The van der Waals surface area contributed by atoms with Crippen LogP contribution in [0.15, 0.2) is 57.5 Å². The molecule has 30 heavy (non-hydrogen) atoms. The maximum atomic E-state index is 12.6. The molecular weight excluding hydrogens is 448 g/mol. The van der Waals surface area contributed by atoms with Crippen molar-refractivity contribution in [2.75, 3.05) is 25.5 Å². The summed E-state index contributed by atoms with van der Waals surface area (Å²) in [7, 11) is 1.61. The Morgan fingerprint density at radius 3 is 2.80 bits per heavy atom. The molecule has 1 N–H and O–H groups in total. The van der Waals surface area contributed by atoms with Gasteiger partial charge in [0.2, 0.25) is 17.6 Å². The second-order valence-electron chi connectivity index (χ2n) is 7.29. The number of halogens is 1. The van der Waals surface area contributed by atoms with Gasteiger partial charge in [-0.1, -0.05) is 39.3 Å². The maximum absolute atomic E-state index is 12.6. The molecule has 0 aliphatic carbocycles. The van der Waals surface area contributed by atoms with Gasteiger partial charge in [0.1, 0.15) is 5.75 Å². The molecule has 0 saturated carbocycles. The first kappa shape index (κ1) is 20.6. The molecule has 0 unspecified atom stereocenters. The summed E-state index contributed by atoms with van der Waals surface area (Å²) >= 11 is 3.46. The number of amides is 1. The standard InChI is InChI=1S/C22H23BrN4O3/c1-29-19-7-3-6-18(13-19)24-22(28)15-8-10-27(11-9-15)14-20-25-21(26-30-20)16-4-2-5-17(23)12-16/h2-7,12-13,15H,8-11,14H2,1H3,(H,24,28). The van der Waals surface area contributed by atoms with Crippen LogP contribution in [0.1, 0.15) is 18.7 Å². The van der Waals surface area contributed by atoms with E-state index in [1.807, 2.05) is 48.5 Å². The highest BCUT2D eigenvalue weighted by Gasteiger charge is 2.26. The normalized spacial score (nSPS) is 15.1. The first-order valence-corrected chi connectivity index (χ1v) is 10.7. The quantitative estimate of drug-likeness (QED) is 0.576. The zero-order valence-electron chi connectivity index (χ0n) is 16.7. The van der Waals surface area contributed by atoms with Crippen molar-refractivity contribution < 1.29 is 14.1 Å². The van der Waals surface area contributed by atoms with E-state index in [2.05, 4.69) is 36.3 Å². The van der Waals surface area contributed by atoms with Crippen LogP contribution >= 0.6 is 15.9 Å². The van der Waals surface area contributed by atoms with Crippen molar-refractivity contribution in [1.29, 1.82) is 0 Å². The Balaban J connectivity index is 1.29. The number of nitrogens with one attached hydrogen (secondary N) is 1. The third-order valence-corrected chi connectivity index (χ3v) is 5.70. The fourth-order valence-corrected chi connectivity index (χ4v) is 3.95. The lowest BCUT2D eigenvalue weighted by Gasteiger charge is -2.30. The van der Waals surface area contributed by atoms with E-state index < -0.39 is 0 Å². The van der Waals surface area contributed by atoms with Crippen LogP contribution in [0.5, 0.6) is 5.75 Å². The van der Waals surface area contributed by atoms with Gasteiger partial charge >= 0.3 is 0 Å². The average Bonchev–Trinajstić information content (AvgIpc) is 3.23. The Hall–Kier alpha value is -2.71. The lowest BCUT2D eigenvalue weighted by Crippen LogP contribution is -2.37. The number of carbonyl (C=O) groups excluding carboxylic acids is 1. The van der Waals surface area contributed by atoms with Crippen molar-refractivity contribution >= 4 is 27.5 Å². The predicted molar refractivity (Wildman–Crippen MR) is 117 cm³/mol. The number of piperidine rings is 1. The summed E-state index contributed by atoms with van der Waals surface area (Å²) in [6, 6.07) is 15.2. The van der Waals surface area contributed by atoms with Crippen molar-refractivity contribution in [1.82, 2.24) is 15.0 Å². The van der Waals surface area contributed by atoms with Gasteiger partial charge in [-0.2, -0.15) is 4.98 Å². The van der Waals surface area contributed by atoms with Gasteiger partial charge in [0.25, 0.3) is 0 Å². The summed E-state index contributed by atoms with van der Waals surface area (Å²) < 4.78 is 11.6. The second-order valence-corrected chi connectivity index (χ2v) is 8.21. The van der Waals surface area contributed by atoms with E-state index in [4.69, 9.17) is 9.26 Å². The number of rotatable bonds is 6. The maximum Gasteiger partial charge on any atom is 0.241 e. The third kappa shape index (κ3) is 5.06. The molecule has 1 aromatic heterocycles. The third-order valence-electron chi connectivity index (χ3n) is 5.21. The highest BCUT2D eigenvalue weighted by Crippen LogP contribution is 2.24. The molecule has 1 amide bonds. The molecule has 1 aliphatic rings. The fraction of sp³-hybridized carbons (Fsp3) is 0.318. The van der Waals surface area contributed by atoms with Gasteiger partial charge in [0.15, 0.2) is 0 Å². The molecule has 2 aromatic carbocycles. The molecule has 1 saturated heterocycles. The summed E-state index contributed by atoms with van der Waals surface area (Å²) in [6.45, 7) is 2.21. The Morgan fingerprint density at radius 1 is 1.23 bits per heavy atom. The number of hydrogen-bond donors (Lipinski definition) is 1. The SMILES string of the molecule is COc1cccc(NC(=O)C2CCN(Cc3nc(-c4cccc(Br)c4)no3)CC2)c1. The minimum atomic E-state index is -0.00707. The number of likely N-dealkylation sites (tertiary alicyclic amines) is 1. The van der Waals surface area contributed by atoms with Gasteiger partial charge in [0, 0.05) is 27.7 Å². The Morgan fingerprint density at radius 2 is 2.03 bits per heavy atom. The molecular formula is C22H23BrN4O3. The van der Waals surface area contributed by atoms with E-state index in [0.29, 0.717) is 18.3 Å². The lowest BCUT2D eigenvalue weighted by atomic mass is 9.96. The fourth-order valence-electron chi connectivity index (χ4n) is 3.55. The first-order chi connectivity index (χ1) is 14.6. The van der Waals surface area contributed by atoms with E-state index in [-0.39, 0.29) is 11.8 Å². The molecule has 0 atom stereocenters. The molecule has 2 heterocycles. The molecule has 4 rings (SSSR count). The highest BCUT2D eigenvalue weighted by atomic mass is 79.9. The number of anilines is 1. The van der Waals surface area contributed by atoms with Gasteiger partial charge in [0.05, 0.1) is 13.7 Å². The lowest BCUT2D eigenvalue weighted by molar-refractivity contribution is -0.121. The van der Waals surface area contributed by atoms with E-state index >= 15 is 0 Å². The molecule has 1 aliphatic heterocycles. The smallest absolute Gasteiger partial charge is 0.241 e. The van der Waals surface area contributed by atoms with Crippen molar-refractivity contribution in [3.05, 3.63) is 58.9 Å². The largest absolute Gasteiger partial charge is 0.497 e. The van der Waals surface area contributed by atoms with Crippen LogP contribution in [-0.2, 0) is 11.3 Å². The number of benzene rings is 2. The molecule has 0 radical (unpaired) electrons. The Labute approximate surface area is 183 Å². The summed E-state index contributed by atoms with van der Waals surface area (Å²) in [5, 5.41) is 7.08. The average molecular weight is 471 g/mol. The number of hydrogen-bond acceptors (Lipinski definition) is 6. The molecule has 3 aromatic rings. The minimum Gasteiger partial charge on any atom is -0.497 e. The minimum absolute atomic E-state index is 0.00707. The molecule has 1 fully saturated rings. The van der Waals surface area contributed by atoms with Crippen LogP contribution in [-0.4, -0.2) is 41.1 Å². The Kier molecular flexibility index (Phi) is 6.44. The number of methoxy groups -OCH3 is 1. The topological polar surface area (TPSA) is 80.5 Å². The summed E-state index contributed by atoms with van der Waals surface area (Å²) in [6.07, 6.45) is 1.59. The van der Waals surface area contributed by atoms with Crippen molar-refractivity contribution in [2.45, 2.75) is 19.4 Å². The molecule has 0 spiro atoms.